The zero-order valence-electron chi connectivity index (χ0n) is 15.2. The molecule has 0 saturated heterocycles. The molecule has 0 aliphatic carbocycles. The molecule has 0 bridgehead atoms. The van der Waals surface area contributed by atoms with Crippen molar-refractivity contribution in [2.75, 3.05) is 12.8 Å². The first kappa shape index (κ1) is 17.5. The van der Waals surface area contributed by atoms with E-state index in [4.69, 9.17) is 14.6 Å². The number of anilines is 1. The first-order valence-electron chi connectivity index (χ1n) is 8.42. The van der Waals surface area contributed by atoms with Crippen molar-refractivity contribution in [1.29, 1.82) is 0 Å². The molecule has 142 valence electrons. The predicted octanol–water partition coefficient (Wildman–Crippen LogP) is 2.28. The third-order valence-corrected chi connectivity index (χ3v) is 4.02. The van der Waals surface area contributed by atoms with Gasteiger partial charge in [0.15, 0.2) is 11.6 Å². The summed E-state index contributed by atoms with van der Waals surface area (Å²) in [7, 11) is 1.67. The second kappa shape index (κ2) is 6.99. The smallest absolute Gasteiger partial charge is 0.254 e. The molecular formula is C18H17N7O3. The van der Waals surface area contributed by atoms with Gasteiger partial charge in [0.2, 0.25) is 17.7 Å². The summed E-state index contributed by atoms with van der Waals surface area (Å²) in [6, 6.07) is 10.7. The van der Waals surface area contributed by atoms with E-state index in [-0.39, 0.29) is 18.4 Å². The Morgan fingerprint density at radius 2 is 2.00 bits per heavy atom. The van der Waals surface area contributed by atoms with Gasteiger partial charge in [-0.05, 0) is 24.3 Å². The molecule has 3 N–H and O–H groups in total. The van der Waals surface area contributed by atoms with Crippen molar-refractivity contribution in [1.82, 2.24) is 30.3 Å². The van der Waals surface area contributed by atoms with Crippen LogP contribution in [0, 0.1) is 6.92 Å². The van der Waals surface area contributed by atoms with Crippen molar-refractivity contribution < 1.29 is 13.6 Å². The van der Waals surface area contributed by atoms with E-state index in [0.29, 0.717) is 34.7 Å². The number of nitrogens with one attached hydrogen (secondary N) is 1. The minimum absolute atomic E-state index is 0.139. The van der Waals surface area contributed by atoms with E-state index in [9.17, 15) is 4.79 Å². The number of H-pyrrole nitrogens is 1. The van der Waals surface area contributed by atoms with Crippen LogP contribution in [-0.4, -0.2) is 43.2 Å². The van der Waals surface area contributed by atoms with Crippen LogP contribution in [0.1, 0.15) is 22.1 Å². The number of nitrogens with two attached hydrogens (primary N) is 1. The number of carbonyl (C=O) groups excluding carboxylic acids is 1. The third kappa shape index (κ3) is 3.47. The molecule has 0 atom stereocenters. The second-order valence-electron chi connectivity index (χ2n) is 6.16. The molecular weight excluding hydrogens is 362 g/mol. The molecule has 4 rings (SSSR count). The third-order valence-electron chi connectivity index (χ3n) is 4.02. The first-order chi connectivity index (χ1) is 13.5. The molecule has 0 unspecified atom stereocenters. The lowest BCUT2D eigenvalue weighted by Gasteiger charge is -2.15. The number of benzene rings is 1. The number of hydrogen-bond donors (Lipinski definition) is 2. The number of carbonyl (C=O) groups is 1. The first-order valence-corrected chi connectivity index (χ1v) is 8.42. The molecule has 10 nitrogen and oxygen atoms in total. The van der Waals surface area contributed by atoms with Crippen LogP contribution < -0.4 is 5.73 Å². The Bertz CT molecular complexity index is 1130. The fourth-order valence-electron chi connectivity index (χ4n) is 2.71. The number of hydrogen-bond acceptors (Lipinski definition) is 8. The van der Waals surface area contributed by atoms with Crippen LogP contribution in [0.25, 0.3) is 22.9 Å². The van der Waals surface area contributed by atoms with E-state index in [1.54, 1.807) is 44.3 Å². The van der Waals surface area contributed by atoms with E-state index < -0.39 is 0 Å². The number of furan rings is 1. The van der Waals surface area contributed by atoms with Gasteiger partial charge in [0.25, 0.3) is 5.91 Å². The molecule has 0 fully saturated rings. The highest BCUT2D eigenvalue weighted by atomic mass is 16.4. The van der Waals surface area contributed by atoms with E-state index in [1.807, 2.05) is 6.07 Å². The Balaban J connectivity index is 1.54. The maximum atomic E-state index is 12.7. The van der Waals surface area contributed by atoms with Crippen molar-refractivity contribution in [3.8, 4) is 22.9 Å². The molecule has 0 aliphatic rings. The van der Waals surface area contributed by atoms with Gasteiger partial charge in [-0.15, -0.1) is 15.3 Å². The summed E-state index contributed by atoms with van der Waals surface area (Å²) in [5.74, 6) is 2.33. The molecule has 1 amide bonds. The highest BCUT2D eigenvalue weighted by molar-refractivity contribution is 5.95. The van der Waals surface area contributed by atoms with Gasteiger partial charge in [-0.3, -0.25) is 9.89 Å². The van der Waals surface area contributed by atoms with Crippen molar-refractivity contribution in [3.05, 3.63) is 53.7 Å². The van der Waals surface area contributed by atoms with Gasteiger partial charge in [0.1, 0.15) is 5.76 Å². The van der Waals surface area contributed by atoms with Crippen LogP contribution in [0.3, 0.4) is 0 Å². The van der Waals surface area contributed by atoms with Crippen molar-refractivity contribution in [3.63, 3.8) is 0 Å². The molecule has 0 spiro atoms. The molecule has 1 aromatic carbocycles. The van der Waals surface area contributed by atoms with Crippen molar-refractivity contribution >= 4 is 11.9 Å². The fraction of sp³-hybridized carbons (Fsp3) is 0.167. The van der Waals surface area contributed by atoms with Gasteiger partial charge in [0.05, 0.1) is 6.54 Å². The van der Waals surface area contributed by atoms with Crippen LogP contribution in [-0.2, 0) is 6.54 Å². The Kier molecular flexibility index (Phi) is 4.36. The zero-order valence-corrected chi connectivity index (χ0v) is 15.2. The topological polar surface area (TPSA) is 140 Å². The average Bonchev–Trinajstić information content (AvgIpc) is 3.42. The zero-order chi connectivity index (χ0) is 19.7. The summed E-state index contributed by atoms with van der Waals surface area (Å²) >= 11 is 0. The quantitative estimate of drug-likeness (QED) is 0.538. The number of aromatic nitrogens is 5. The van der Waals surface area contributed by atoms with Gasteiger partial charge in [-0.2, -0.15) is 4.98 Å². The van der Waals surface area contributed by atoms with Gasteiger partial charge in [-0.1, -0.05) is 12.1 Å². The Morgan fingerprint density at radius 1 is 1.18 bits per heavy atom. The Hall–Kier alpha value is -3.95. The van der Waals surface area contributed by atoms with Crippen LogP contribution in [0.5, 0.6) is 0 Å². The maximum absolute atomic E-state index is 12.7. The molecule has 0 saturated carbocycles. The number of nitrogens with zero attached hydrogens (tertiary/aromatic N) is 5. The normalized spacial score (nSPS) is 10.9. The van der Waals surface area contributed by atoms with E-state index in [0.717, 1.165) is 5.56 Å². The lowest BCUT2D eigenvalue weighted by Crippen LogP contribution is -2.26. The molecule has 3 aromatic heterocycles. The number of aromatic amines is 1. The maximum Gasteiger partial charge on any atom is 0.254 e. The highest BCUT2D eigenvalue weighted by Crippen LogP contribution is 2.27. The van der Waals surface area contributed by atoms with E-state index in [2.05, 4.69) is 25.4 Å². The average molecular weight is 379 g/mol. The second-order valence-corrected chi connectivity index (χ2v) is 6.16. The monoisotopic (exact) mass is 379 g/mol. The summed E-state index contributed by atoms with van der Waals surface area (Å²) in [6.07, 6.45) is 0. The van der Waals surface area contributed by atoms with Gasteiger partial charge in [0, 0.05) is 25.1 Å². The minimum atomic E-state index is -0.174. The van der Waals surface area contributed by atoms with Gasteiger partial charge < -0.3 is 19.5 Å². The predicted molar refractivity (Wildman–Crippen MR) is 98.8 cm³/mol. The molecule has 28 heavy (non-hydrogen) atoms. The van der Waals surface area contributed by atoms with Crippen LogP contribution in [0.2, 0.25) is 0 Å². The fourth-order valence-corrected chi connectivity index (χ4v) is 2.71. The number of amides is 1. The summed E-state index contributed by atoms with van der Waals surface area (Å²) in [5.41, 5.74) is 6.79. The number of aryl methyl sites for hydroxylation is 1. The van der Waals surface area contributed by atoms with E-state index in [1.165, 1.54) is 4.90 Å². The van der Waals surface area contributed by atoms with Crippen LogP contribution in [0.15, 0.2) is 45.2 Å². The Labute approximate surface area is 159 Å². The van der Waals surface area contributed by atoms with Crippen molar-refractivity contribution in [2.24, 2.45) is 0 Å². The molecule has 3 heterocycles. The number of nitrogen functional groups attached to an aromatic ring is 1. The SMILES string of the molecule is Cc1nnc(CN(C)C(=O)c2cccc(-c3ccc(-c4nc(N)n[nH]4)o3)c2)o1. The highest BCUT2D eigenvalue weighted by Gasteiger charge is 2.17. The summed E-state index contributed by atoms with van der Waals surface area (Å²) in [6.45, 7) is 1.92. The number of rotatable bonds is 5. The van der Waals surface area contributed by atoms with Crippen LogP contribution in [0.4, 0.5) is 5.95 Å². The summed E-state index contributed by atoms with van der Waals surface area (Å²) < 4.78 is 11.1. The molecule has 0 radical (unpaired) electrons. The van der Waals surface area contributed by atoms with Crippen molar-refractivity contribution in [2.45, 2.75) is 13.5 Å². The molecule has 10 heteroatoms. The minimum Gasteiger partial charge on any atom is -0.453 e. The van der Waals surface area contributed by atoms with Crippen LogP contribution >= 0.6 is 0 Å². The molecule has 0 aliphatic heterocycles. The summed E-state index contributed by atoms with van der Waals surface area (Å²) in [4.78, 5) is 18.3. The lowest BCUT2D eigenvalue weighted by molar-refractivity contribution is 0.0772. The van der Waals surface area contributed by atoms with E-state index >= 15 is 0 Å². The standard InChI is InChI=1S/C18H17N7O3/c1-10-21-22-15(27-10)9-25(2)17(26)12-5-3-4-11(8-12)13-6-7-14(28-13)16-20-18(19)24-23-16/h3-8H,9H2,1-2H3,(H3,19,20,23,24). The van der Waals surface area contributed by atoms with Gasteiger partial charge >= 0.3 is 0 Å². The van der Waals surface area contributed by atoms with Gasteiger partial charge in [-0.25, -0.2) is 0 Å². The Morgan fingerprint density at radius 3 is 2.71 bits per heavy atom. The summed E-state index contributed by atoms with van der Waals surface area (Å²) in [5, 5.41) is 14.2. The largest absolute Gasteiger partial charge is 0.453 e. The lowest BCUT2D eigenvalue weighted by atomic mass is 10.1. The molecule has 4 aromatic rings.